The lowest BCUT2D eigenvalue weighted by Gasteiger charge is -2.46. The third-order valence-electron chi connectivity index (χ3n) is 3.86. The fourth-order valence-electron chi connectivity index (χ4n) is 2.44. The Kier molecular flexibility index (Phi) is 5.22. The lowest BCUT2D eigenvalue weighted by molar-refractivity contribution is -0.0770. The van der Waals surface area contributed by atoms with E-state index in [2.05, 4.69) is 32.6 Å². The van der Waals surface area contributed by atoms with Gasteiger partial charge < -0.3 is 9.84 Å². The Hall–Kier alpha value is -0.120. The predicted molar refractivity (Wildman–Crippen MR) is 66.5 cm³/mol. The van der Waals surface area contributed by atoms with Gasteiger partial charge in [-0.2, -0.15) is 0 Å². The van der Waals surface area contributed by atoms with Gasteiger partial charge in [-0.3, -0.25) is 4.90 Å². The van der Waals surface area contributed by atoms with E-state index in [4.69, 9.17) is 4.74 Å². The van der Waals surface area contributed by atoms with Crippen LogP contribution >= 0.6 is 0 Å². The fourth-order valence-corrected chi connectivity index (χ4v) is 2.44. The van der Waals surface area contributed by atoms with Crippen LogP contribution in [0, 0.1) is 5.92 Å². The van der Waals surface area contributed by atoms with E-state index in [0.29, 0.717) is 5.92 Å². The Morgan fingerprint density at radius 1 is 1.31 bits per heavy atom. The maximum Gasteiger partial charge on any atom is 0.0723 e. The zero-order valence-electron chi connectivity index (χ0n) is 11.2. The van der Waals surface area contributed by atoms with Gasteiger partial charge in [0.2, 0.25) is 0 Å². The normalized spacial score (nSPS) is 24.4. The number of aliphatic hydroxyl groups is 1. The van der Waals surface area contributed by atoms with Crippen molar-refractivity contribution in [3.63, 3.8) is 0 Å². The first kappa shape index (κ1) is 13.9. The number of rotatable bonds is 5. The van der Waals surface area contributed by atoms with Crippen LogP contribution in [0.3, 0.4) is 0 Å². The van der Waals surface area contributed by atoms with E-state index in [1.807, 2.05) is 0 Å². The second-order valence-electron chi connectivity index (χ2n) is 5.46. The molecule has 16 heavy (non-hydrogen) atoms. The Balaban J connectivity index is 2.66. The molecular formula is C13H27NO2. The van der Waals surface area contributed by atoms with Crippen molar-refractivity contribution >= 4 is 0 Å². The molecule has 3 heteroatoms. The Labute approximate surface area is 99.8 Å². The first-order valence-corrected chi connectivity index (χ1v) is 6.51. The molecule has 0 aromatic rings. The summed E-state index contributed by atoms with van der Waals surface area (Å²) < 4.78 is 5.38. The van der Waals surface area contributed by atoms with E-state index in [1.54, 1.807) is 0 Å². The molecule has 0 aliphatic carbocycles. The number of ether oxygens (including phenoxy) is 1. The van der Waals surface area contributed by atoms with Crippen LogP contribution in [0.2, 0.25) is 0 Å². The molecule has 1 aliphatic rings. The number of nitrogens with zero attached hydrogens (tertiary/aromatic N) is 1. The molecule has 1 saturated heterocycles. The molecule has 96 valence electrons. The Morgan fingerprint density at radius 3 is 2.31 bits per heavy atom. The minimum absolute atomic E-state index is 0.0892. The van der Waals surface area contributed by atoms with Crippen LogP contribution in [0.5, 0.6) is 0 Å². The van der Waals surface area contributed by atoms with Gasteiger partial charge in [-0.05, 0) is 25.7 Å². The van der Waals surface area contributed by atoms with Crippen molar-refractivity contribution in [2.24, 2.45) is 5.92 Å². The zero-order valence-corrected chi connectivity index (χ0v) is 11.2. The summed E-state index contributed by atoms with van der Waals surface area (Å²) in [6.45, 7) is 12.2. The van der Waals surface area contributed by atoms with Crippen molar-refractivity contribution in [2.45, 2.75) is 52.2 Å². The van der Waals surface area contributed by atoms with Gasteiger partial charge in [-0.25, -0.2) is 0 Å². The van der Waals surface area contributed by atoms with Crippen LogP contribution in [0.1, 0.15) is 40.5 Å². The highest BCUT2D eigenvalue weighted by Gasteiger charge is 2.37. The summed E-state index contributed by atoms with van der Waals surface area (Å²) >= 11 is 0. The molecule has 0 aromatic heterocycles. The smallest absolute Gasteiger partial charge is 0.0723 e. The van der Waals surface area contributed by atoms with Gasteiger partial charge in [0, 0.05) is 18.6 Å². The van der Waals surface area contributed by atoms with Crippen molar-refractivity contribution in [3.05, 3.63) is 0 Å². The average molecular weight is 229 g/mol. The van der Waals surface area contributed by atoms with Gasteiger partial charge in [0.15, 0.2) is 0 Å². The molecule has 0 bridgehead atoms. The third-order valence-corrected chi connectivity index (χ3v) is 3.86. The molecule has 1 heterocycles. The lowest BCUT2D eigenvalue weighted by Crippen LogP contribution is -2.58. The summed E-state index contributed by atoms with van der Waals surface area (Å²) in [6.07, 6.45) is 1.62. The number of morpholine rings is 1. The van der Waals surface area contributed by atoms with Crippen LogP contribution in [0.15, 0.2) is 0 Å². The molecule has 1 aliphatic heterocycles. The van der Waals surface area contributed by atoms with E-state index in [1.165, 1.54) is 0 Å². The van der Waals surface area contributed by atoms with Crippen molar-refractivity contribution in [2.75, 3.05) is 26.3 Å². The third kappa shape index (κ3) is 3.19. The van der Waals surface area contributed by atoms with E-state index < -0.39 is 0 Å². The molecule has 1 fully saturated rings. The largest absolute Gasteiger partial charge is 0.391 e. The molecule has 0 saturated carbocycles. The van der Waals surface area contributed by atoms with Gasteiger partial charge in [0.1, 0.15) is 0 Å². The summed E-state index contributed by atoms with van der Waals surface area (Å²) in [4.78, 5) is 2.39. The van der Waals surface area contributed by atoms with Gasteiger partial charge >= 0.3 is 0 Å². The minimum Gasteiger partial charge on any atom is -0.391 e. The molecule has 0 radical (unpaired) electrons. The van der Waals surface area contributed by atoms with Gasteiger partial charge in [-0.15, -0.1) is 0 Å². The first-order chi connectivity index (χ1) is 7.50. The lowest BCUT2D eigenvalue weighted by atomic mass is 9.84. The van der Waals surface area contributed by atoms with E-state index in [0.717, 1.165) is 39.1 Å². The van der Waals surface area contributed by atoms with Crippen LogP contribution in [0.25, 0.3) is 0 Å². The quantitative estimate of drug-likeness (QED) is 0.781. The van der Waals surface area contributed by atoms with Crippen LogP contribution < -0.4 is 0 Å². The maximum absolute atomic E-state index is 10.4. The zero-order chi connectivity index (χ0) is 12.2. The average Bonchev–Trinajstić information content (AvgIpc) is 2.28. The summed E-state index contributed by atoms with van der Waals surface area (Å²) in [5, 5.41) is 10.4. The van der Waals surface area contributed by atoms with Crippen LogP contribution in [0.4, 0.5) is 0 Å². The van der Waals surface area contributed by atoms with Crippen LogP contribution in [-0.2, 0) is 4.74 Å². The molecule has 2 unspecified atom stereocenters. The molecule has 1 rings (SSSR count). The Bertz CT molecular complexity index is 202. The molecule has 0 spiro atoms. The summed E-state index contributed by atoms with van der Waals surface area (Å²) in [5.41, 5.74) is -0.0892. The highest BCUT2D eigenvalue weighted by molar-refractivity contribution is 4.93. The monoisotopic (exact) mass is 229 g/mol. The first-order valence-electron chi connectivity index (χ1n) is 6.51. The van der Waals surface area contributed by atoms with Gasteiger partial charge in [0.05, 0.1) is 19.3 Å². The second-order valence-corrected chi connectivity index (χ2v) is 5.46. The Morgan fingerprint density at radius 2 is 1.88 bits per heavy atom. The highest BCUT2D eigenvalue weighted by Crippen LogP contribution is 2.28. The van der Waals surface area contributed by atoms with Gasteiger partial charge in [0.25, 0.3) is 0 Å². The van der Waals surface area contributed by atoms with E-state index >= 15 is 0 Å². The molecule has 1 N–H and O–H groups in total. The number of aliphatic hydroxyl groups excluding tert-OH is 1. The van der Waals surface area contributed by atoms with Crippen molar-refractivity contribution < 1.29 is 9.84 Å². The number of hydrogen-bond acceptors (Lipinski definition) is 3. The standard InChI is InChI=1S/C13H27NO2/c1-5-13(4,12(15)10-11(2)3)14-6-8-16-9-7-14/h11-12,15H,5-10H2,1-4H3. The SMILES string of the molecule is CCC(C)(C(O)CC(C)C)N1CCOCC1. The molecular weight excluding hydrogens is 202 g/mol. The fraction of sp³-hybridized carbons (Fsp3) is 1.00. The molecule has 0 aromatic carbocycles. The predicted octanol–water partition coefficient (Wildman–Crippen LogP) is 1.89. The van der Waals surface area contributed by atoms with Gasteiger partial charge in [-0.1, -0.05) is 20.8 Å². The van der Waals surface area contributed by atoms with E-state index in [-0.39, 0.29) is 11.6 Å². The van der Waals surface area contributed by atoms with Crippen molar-refractivity contribution in [3.8, 4) is 0 Å². The van der Waals surface area contributed by atoms with Crippen molar-refractivity contribution in [1.29, 1.82) is 0 Å². The van der Waals surface area contributed by atoms with Crippen LogP contribution in [-0.4, -0.2) is 48.0 Å². The molecule has 2 atom stereocenters. The summed E-state index contributed by atoms with van der Waals surface area (Å²) in [7, 11) is 0. The molecule has 3 nitrogen and oxygen atoms in total. The maximum atomic E-state index is 10.4. The summed E-state index contributed by atoms with van der Waals surface area (Å²) in [5.74, 6) is 0.543. The summed E-state index contributed by atoms with van der Waals surface area (Å²) in [6, 6.07) is 0. The van der Waals surface area contributed by atoms with Crippen molar-refractivity contribution in [1.82, 2.24) is 4.90 Å². The second kappa shape index (κ2) is 5.99. The highest BCUT2D eigenvalue weighted by atomic mass is 16.5. The topological polar surface area (TPSA) is 32.7 Å². The number of hydrogen-bond donors (Lipinski definition) is 1. The van der Waals surface area contributed by atoms with E-state index in [9.17, 15) is 5.11 Å². The minimum atomic E-state index is -0.240. The molecule has 0 amide bonds.